The van der Waals surface area contributed by atoms with Gasteiger partial charge in [-0.3, -0.25) is 9.52 Å². The van der Waals surface area contributed by atoms with E-state index >= 15 is 0 Å². The SMILES string of the molecule is CC(O)CNC(=O)c1[nH]c2ncc(NS(=O)(=O)c3ccc(C(C)(C)C)cc3)cc2c1-c1ccccc1. The van der Waals surface area contributed by atoms with Crippen molar-refractivity contribution in [2.45, 2.75) is 44.1 Å². The number of fused-ring (bicyclic) bond motifs is 1. The number of nitrogens with one attached hydrogen (secondary N) is 3. The molecular weight excluding hydrogens is 476 g/mol. The fraction of sp³-hybridized carbons (Fsp3) is 0.259. The van der Waals surface area contributed by atoms with Gasteiger partial charge in [-0.2, -0.15) is 0 Å². The normalized spacial score (nSPS) is 12.9. The number of anilines is 1. The Balaban J connectivity index is 1.73. The molecule has 2 heterocycles. The third kappa shape index (κ3) is 5.42. The molecule has 2 aromatic heterocycles. The smallest absolute Gasteiger partial charge is 0.268 e. The van der Waals surface area contributed by atoms with Crippen LogP contribution in [0.2, 0.25) is 0 Å². The molecule has 0 bridgehead atoms. The van der Waals surface area contributed by atoms with Crippen LogP contribution in [0, 0.1) is 0 Å². The number of hydrogen-bond acceptors (Lipinski definition) is 5. The lowest BCUT2D eigenvalue weighted by molar-refractivity contribution is 0.0920. The molecule has 188 valence electrons. The monoisotopic (exact) mass is 506 g/mol. The van der Waals surface area contributed by atoms with Crippen LogP contribution in [0.15, 0.2) is 71.8 Å². The molecule has 0 aliphatic heterocycles. The average Bonchev–Trinajstić information content (AvgIpc) is 3.21. The van der Waals surface area contributed by atoms with Crippen LogP contribution < -0.4 is 10.0 Å². The number of H-pyrrole nitrogens is 1. The first-order valence-electron chi connectivity index (χ1n) is 11.6. The molecule has 0 fully saturated rings. The minimum absolute atomic E-state index is 0.0913. The highest BCUT2D eigenvalue weighted by atomic mass is 32.2. The van der Waals surface area contributed by atoms with Gasteiger partial charge in [0.1, 0.15) is 11.3 Å². The van der Waals surface area contributed by atoms with Crippen molar-refractivity contribution in [1.82, 2.24) is 15.3 Å². The third-order valence-electron chi connectivity index (χ3n) is 5.78. The van der Waals surface area contributed by atoms with E-state index in [1.165, 1.54) is 6.20 Å². The molecule has 1 amide bonds. The number of aliphatic hydroxyl groups is 1. The predicted molar refractivity (Wildman–Crippen MR) is 141 cm³/mol. The molecule has 0 aliphatic carbocycles. The van der Waals surface area contributed by atoms with Crippen molar-refractivity contribution in [3.63, 3.8) is 0 Å². The second-order valence-electron chi connectivity index (χ2n) is 9.80. The minimum Gasteiger partial charge on any atom is -0.392 e. The second kappa shape index (κ2) is 9.75. The third-order valence-corrected chi connectivity index (χ3v) is 7.18. The van der Waals surface area contributed by atoms with Crippen molar-refractivity contribution in [2.75, 3.05) is 11.3 Å². The van der Waals surface area contributed by atoms with Crippen molar-refractivity contribution in [1.29, 1.82) is 0 Å². The fourth-order valence-electron chi connectivity index (χ4n) is 3.88. The molecule has 0 aliphatic rings. The van der Waals surface area contributed by atoms with Crippen molar-refractivity contribution in [2.24, 2.45) is 0 Å². The van der Waals surface area contributed by atoms with Crippen LogP contribution >= 0.6 is 0 Å². The Morgan fingerprint density at radius 2 is 1.75 bits per heavy atom. The average molecular weight is 507 g/mol. The van der Waals surface area contributed by atoms with Gasteiger partial charge in [-0.25, -0.2) is 13.4 Å². The van der Waals surface area contributed by atoms with E-state index in [2.05, 4.69) is 40.8 Å². The van der Waals surface area contributed by atoms with E-state index in [1.807, 2.05) is 42.5 Å². The minimum atomic E-state index is -3.86. The Morgan fingerprint density at radius 3 is 2.36 bits per heavy atom. The standard InChI is InChI=1S/C27H30N4O4S/c1-17(32)15-29-26(33)24-23(18-8-6-5-7-9-18)22-14-20(16-28-25(22)30-24)31-36(34,35)21-12-10-19(11-13-21)27(2,3)4/h5-14,16-17,31-32H,15H2,1-4H3,(H,28,30)(H,29,33). The zero-order chi connectivity index (χ0) is 26.1. The van der Waals surface area contributed by atoms with Gasteiger partial charge in [-0.05, 0) is 41.7 Å². The molecule has 8 nitrogen and oxygen atoms in total. The topological polar surface area (TPSA) is 124 Å². The maximum Gasteiger partial charge on any atom is 0.268 e. The number of aromatic nitrogens is 2. The molecule has 1 unspecified atom stereocenters. The van der Waals surface area contributed by atoms with Crippen LogP contribution in [0.5, 0.6) is 0 Å². The van der Waals surface area contributed by atoms with Gasteiger partial charge in [0.15, 0.2) is 0 Å². The summed E-state index contributed by atoms with van der Waals surface area (Å²) in [6.45, 7) is 7.87. The molecule has 0 saturated carbocycles. The van der Waals surface area contributed by atoms with Crippen LogP contribution in [0.4, 0.5) is 5.69 Å². The summed E-state index contributed by atoms with van der Waals surface area (Å²) in [6.07, 6.45) is 0.710. The number of carbonyl (C=O) groups is 1. The van der Waals surface area contributed by atoms with Gasteiger partial charge in [-0.15, -0.1) is 0 Å². The first kappa shape index (κ1) is 25.4. The predicted octanol–water partition coefficient (Wildman–Crippen LogP) is 4.44. The van der Waals surface area contributed by atoms with Gasteiger partial charge in [0.05, 0.1) is 22.9 Å². The van der Waals surface area contributed by atoms with Gasteiger partial charge in [-0.1, -0.05) is 63.2 Å². The molecule has 4 aromatic rings. The maximum absolute atomic E-state index is 13.1. The lowest BCUT2D eigenvalue weighted by atomic mass is 9.87. The first-order chi connectivity index (χ1) is 17.0. The summed E-state index contributed by atoms with van der Waals surface area (Å²) in [7, 11) is -3.86. The van der Waals surface area contributed by atoms with Gasteiger partial charge < -0.3 is 15.4 Å². The number of sulfonamides is 1. The van der Waals surface area contributed by atoms with Crippen LogP contribution in [-0.2, 0) is 15.4 Å². The molecule has 0 spiro atoms. The second-order valence-corrected chi connectivity index (χ2v) is 11.5. The molecule has 1 atom stereocenters. The van der Waals surface area contributed by atoms with Gasteiger partial charge in [0, 0.05) is 17.5 Å². The zero-order valence-electron chi connectivity index (χ0n) is 20.7. The summed E-state index contributed by atoms with van der Waals surface area (Å²) >= 11 is 0. The van der Waals surface area contributed by atoms with Gasteiger partial charge in [0.25, 0.3) is 15.9 Å². The Labute approximate surface area is 210 Å². The summed E-state index contributed by atoms with van der Waals surface area (Å²) in [4.78, 5) is 20.5. The largest absolute Gasteiger partial charge is 0.392 e. The number of hydrogen-bond donors (Lipinski definition) is 4. The van der Waals surface area contributed by atoms with E-state index in [0.717, 1.165) is 11.1 Å². The molecule has 0 saturated heterocycles. The summed E-state index contributed by atoms with van der Waals surface area (Å²) in [5, 5.41) is 12.9. The number of aliphatic hydroxyl groups excluding tert-OH is 1. The number of amides is 1. The van der Waals surface area contributed by atoms with E-state index in [1.54, 1.807) is 25.1 Å². The van der Waals surface area contributed by atoms with Crippen LogP contribution in [0.3, 0.4) is 0 Å². The summed E-state index contributed by atoms with van der Waals surface area (Å²) in [5.41, 5.74) is 3.30. The molecule has 36 heavy (non-hydrogen) atoms. The highest BCUT2D eigenvalue weighted by Crippen LogP contribution is 2.33. The van der Waals surface area contributed by atoms with E-state index in [-0.39, 0.29) is 28.2 Å². The molecule has 0 radical (unpaired) electrons. The highest BCUT2D eigenvalue weighted by molar-refractivity contribution is 7.92. The number of rotatable bonds is 7. The van der Waals surface area contributed by atoms with E-state index < -0.39 is 22.0 Å². The number of aromatic amines is 1. The fourth-order valence-corrected chi connectivity index (χ4v) is 4.91. The zero-order valence-corrected chi connectivity index (χ0v) is 21.5. The first-order valence-corrected chi connectivity index (χ1v) is 13.1. The van der Waals surface area contributed by atoms with Gasteiger partial charge in [0.2, 0.25) is 0 Å². The van der Waals surface area contributed by atoms with Crippen molar-refractivity contribution in [3.8, 4) is 11.1 Å². The lowest BCUT2D eigenvalue weighted by Gasteiger charge is -2.19. The molecular formula is C27H30N4O4S. The molecule has 4 N–H and O–H groups in total. The Hall–Kier alpha value is -3.69. The Bertz CT molecular complexity index is 1490. The van der Waals surface area contributed by atoms with Crippen molar-refractivity contribution in [3.05, 3.63) is 78.1 Å². The van der Waals surface area contributed by atoms with Gasteiger partial charge >= 0.3 is 0 Å². The summed E-state index contributed by atoms with van der Waals surface area (Å²) in [5.74, 6) is -0.395. The Kier molecular flexibility index (Phi) is 6.88. The molecule has 4 rings (SSSR count). The quantitative estimate of drug-likeness (QED) is 0.295. The number of benzene rings is 2. The number of nitrogens with zero attached hydrogens (tertiary/aromatic N) is 1. The summed E-state index contributed by atoms with van der Waals surface area (Å²) < 4.78 is 28.8. The lowest BCUT2D eigenvalue weighted by Crippen LogP contribution is -2.31. The van der Waals surface area contributed by atoms with Crippen LogP contribution in [0.1, 0.15) is 43.7 Å². The highest BCUT2D eigenvalue weighted by Gasteiger charge is 2.22. The maximum atomic E-state index is 13.1. The molecule has 2 aromatic carbocycles. The van der Waals surface area contributed by atoms with E-state index in [0.29, 0.717) is 16.6 Å². The van der Waals surface area contributed by atoms with E-state index in [9.17, 15) is 18.3 Å². The van der Waals surface area contributed by atoms with Crippen LogP contribution in [-0.4, -0.2) is 42.0 Å². The number of pyridine rings is 1. The number of carbonyl (C=O) groups excluding carboxylic acids is 1. The van der Waals surface area contributed by atoms with Crippen molar-refractivity contribution < 1.29 is 18.3 Å². The van der Waals surface area contributed by atoms with E-state index in [4.69, 9.17) is 0 Å². The molecule has 9 heteroatoms. The Morgan fingerprint density at radius 1 is 1.08 bits per heavy atom. The van der Waals surface area contributed by atoms with Crippen LogP contribution in [0.25, 0.3) is 22.2 Å². The summed E-state index contributed by atoms with van der Waals surface area (Å²) in [6, 6.07) is 17.8. The van der Waals surface area contributed by atoms with Crippen molar-refractivity contribution >= 4 is 32.7 Å².